The van der Waals surface area contributed by atoms with Gasteiger partial charge in [-0.2, -0.15) is 0 Å². The van der Waals surface area contributed by atoms with E-state index in [0.29, 0.717) is 12.0 Å². The Balaban J connectivity index is 1.29. The third-order valence-electron chi connectivity index (χ3n) is 6.14. The van der Waals surface area contributed by atoms with E-state index in [1.165, 1.54) is 11.1 Å². The third kappa shape index (κ3) is 5.97. The Bertz CT molecular complexity index is 862. The summed E-state index contributed by atoms with van der Waals surface area (Å²) in [6.07, 6.45) is 3.15. The van der Waals surface area contributed by atoms with E-state index in [4.69, 9.17) is 9.73 Å². The minimum atomic E-state index is -0.175. The molecule has 4 rings (SSSR count). The first-order chi connectivity index (χ1) is 15.2. The molecule has 0 saturated carbocycles. The van der Waals surface area contributed by atoms with Gasteiger partial charge in [0.2, 0.25) is 0 Å². The molecule has 0 spiro atoms. The molecule has 1 fully saturated rings. The van der Waals surface area contributed by atoms with Crippen LogP contribution in [-0.2, 0) is 6.54 Å². The fourth-order valence-corrected chi connectivity index (χ4v) is 4.40. The van der Waals surface area contributed by atoms with Crippen LogP contribution in [0.4, 0.5) is 4.39 Å². The lowest BCUT2D eigenvalue weighted by molar-refractivity contribution is 0.198. The first-order valence-electron chi connectivity index (χ1n) is 11.4. The number of ether oxygens (including phenoxy) is 1. The van der Waals surface area contributed by atoms with Crippen LogP contribution < -0.4 is 15.4 Å². The topological polar surface area (TPSA) is 48.9 Å². The van der Waals surface area contributed by atoms with E-state index in [1.807, 2.05) is 24.3 Å². The number of aliphatic imine (C=N–C) groups is 1. The molecule has 0 aromatic heterocycles. The number of benzene rings is 2. The normalized spacial score (nSPS) is 20.1. The quantitative estimate of drug-likeness (QED) is 0.545. The molecule has 2 heterocycles. The maximum atomic E-state index is 13.1. The predicted molar refractivity (Wildman–Crippen MR) is 123 cm³/mol. The Labute approximate surface area is 184 Å². The highest BCUT2D eigenvalue weighted by atomic mass is 19.1. The van der Waals surface area contributed by atoms with Gasteiger partial charge in [0.1, 0.15) is 11.6 Å². The smallest absolute Gasteiger partial charge is 0.191 e. The van der Waals surface area contributed by atoms with Crippen molar-refractivity contribution in [3.05, 3.63) is 65.5 Å². The van der Waals surface area contributed by atoms with Crippen molar-refractivity contribution in [3.63, 3.8) is 0 Å². The summed E-state index contributed by atoms with van der Waals surface area (Å²) in [5.74, 6) is 2.13. The zero-order valence-electron chi connectivity index (χ0n) is 18.3. The van der Waals surface area contributed by atoms with Crippen molar-refractivity contribution >= 4 is 5.96 Å². The molecule has 166 valence electrons. The highest BCUT2D eigenvalue weighted by Crippen LogP contribution is 2.33. The van der Waals surface area contributed by atoms with E-state index < -0.39 is 0 Å². The summed E-state index contributed by atoms with van der Waals surface area (Å²) in [6, 6.07) is 15.6. The van der Waals surface area contributed by atoms with Crippen LogP contribution in [0.3, 0.4) is 0 Å². The first kappa shape index (κ1) is 21.6. The molecule has 2 N–H and O–H groups in total. The first-order valence-corrected chi connectivity index (χ1v) is 11.4. The molecule has 2 aliphatic heterocycles. The van der Waals surface area contributed by atoms with Gasteiger partial charge >= 0.3 is 0 Å². The number of nitrogens with one attached hydrogen (secondary N) is 2. The van der Waals surface area contributed by atoms with Crippen LogP contribution in [0, 0.1) is 5.82 Å². The summed E-state index contributed by atoms with van der Waals surface area (Å²) >= 11 is 0. The summed E-state index contributed by atoms with van der Waals surface area (Å²) in [7, 11) is 0. The highest BCUT2D eigenvalue weighted by Gasteiger charge is 2.22. The highest BCUT2D eigenvalue weighted by molar-refractivity contribution is 5.80. The van der Waals surface area contributed by atoms with Crippen molar-refractivity contribution in [1.82, 2.24) is 15.5 Å². The summed E-state index contributed by atoms with van der Waals surface area (Å²) < 4.78 is 18.9. The number of guanidine groups is 1. The molecule has 1 saturated heterocycles. The van der Waals surface area contributed by atoms with Gasteiger partial charge in [-0.15, -0.1) is 0 Å². The van der Waals surface area contributed by atoms with E-state index in [0.717, 1.165) is 70.3 Å². The molecule has 0 radical (unpaired) electrons. The zero-order chi connectivity index (χ0) is 21.5. The van der Waals surface area contributed by atoms with Gasteiger partial charge in [-0.05, 0) is 55.5 Å². The fraction of sp³-hybridized carbons (Fsp3) is 0.480. The van der Waals surface area contributed by atoms with E-state index >= 15 is 0 Å². The van der Waals surface area contributed by atoms with Crippen molar-refractivity contribution in [2.75, 3.05) is 32.8 Å². The summed E-state index contributed by atoms with van der Waals surface area (Å²) in [4.78, 5) is 7.35. The number of fused-ring (bicyclic) bond motifs is 1. The maximum absolute atomic E-state index is 13.1. The zero-order valence-corrected chi connectivity index (χ0v) is 18.3. The number of piperidine rings is 1. The Morgan fingerprint density at radius 3 is 2.65 bits per heavy atom. The van der Waals surface area contributed by atoms with Crippen LogP contribution in [0.15, 0.2) is 53.5 Å². The number of rotatable bonds is 6. The molecule has 1 unspecified atom stereocenters. The number of nitrogens with zero attached hydrogens (tertiary/aromatic N) is 2. The van der Waals surface area contributed by atoms with Crippen LogP contribution in [0.2, 0.25) is 0 Å². The summed E-state index contributed by atoms with van der Waals surface area (Å²) in [5, 5.41) is 7.05. The van der Waals surface area contributed by atoms with Gasteiger partial charge in [-0.3, -0.25) is 9.89 Å². The Morgan fingerprint density at radius 2 is 1.87 bits per heavy atom. The van der Waals surface area contributed by atoms with Crippen LogP contribution >= 0.6 is 0 Å². The molecule has 1 atom stereocenters. The van der Waals surface area contributed by atoms with E-state index in [1.54, 1.807) is 12.1 Å². The average Bonchev–Trinajstić information content (AvgIpc) is 2.80. The van der Waals surface area contributed by atoms with Gasteiger partial charge in [0.25, 0.3) is 0 Å². The van der Waals surface area contributed by atoms with Gasteiger partial charge < -0.3 is 15.4 Å². The van der Waals surface area contributed by atoms with Crippen LogP contribution in [0.5, 0.6) is 5.75 Å². The molecule has 5 nitrogen and oxygen atoms in total. The second-order valence-electron chi connectivity index (χ2n) is 8.41. The van der Waals surface area contributed by atoms with E-state index in [2.05, 4.69) is 34.6 Å². The average molecular weight is 425 g/mol. The molecule has 31 heavy (non-hydrogen) atoms. The molecular formula is C25H33FN4O. The second-order valence-corrected chi connectivity index (χ2v) is 8.41. The Morgan fingerprint density at radius 1 is 1.10 bits per heavy atom. The second kappa shape index (κ2) is 10.6. The van der Waals surface area contributed by atoms with Crippen LogP contribution in [0.25, 0.3) is 0 Å². The SMILES string of the molecule is CCNC(=NCC1CCOc2ccccc21)NC1CCN(Cc2ccc(F)cc2)CC1. The summed E-state index contributed by atoms with van der Waals surface area (Å²) in [6.45, 7) is 7.41. The minimum absolute atomic E-state index is 0.175. The largest absolute Gasteiger partial charge is 0.493 e. The fourth-order valence-electron chi connectivity index (χ4n) is 4.40. The predicted octanol–water partition coefficient (Wildman–Crippen LogP) is 3.91. The van der Waals surface area contributed by atoms with Crippen molar-refractivity contribution in [2.24, 2.45) is 4.99 Å². The molecule has 0 amide bonds. The van der Waals surface area contributed by atoms with E-state index in [-0.39, 0.29) is 5.82 Å². The number of hydrogen-bond donors (Lipinski definition) is 2. The van der Waals surface area contributed by atoms with E-state index in [9.17, 15) is 4.39 Å². The Kier molecular flexibility index (Phi) is 7.41. The van der Waals surface area contributed by atoms with Crippen molar-refractivity contribution < 1.29 is 9.13 Å². The van der Waals surface area contributed by atoms with Gasteiger partial charge in [-0.25, -0.2) is 4.39 Å². The van der Waals surface area contributed by atoms with Gasteiger partial charge in [0.05, 0.1) is 6.61 Å². The number of para-hydroxylation sites is 1. The summed E-state index contributed by atoms with van der Waals surface area (Å²) in [5.41, 5.74) is 2.43. The number of halogens is 1. The lowest BCUT2D eigenvalue weighted by Crippen LogP contribution is -2.48. The lowest BCUT2D eigenvalue weighted by atomic mass is 9.93. The van der Waals surface area contributed by atoms with Crippen molar-refractivity contribution in [1.29, 1.82) is 0 Å². The molecule has 6 heteroatoms. The van der Waals surface area contributed by atoms with Gasteiger partial charge in [-0.1, -0.05) is 30.3 Å². The van der Waals surface area contributed by atoms with Crippen LogP contribution in [0.1, 0.15) is 43.2 Å². The molecule has 2 aromatic carbocycles. The lowest BCUT2D eigenvalue weighted by Gasteiger charge is -2.33. The standard InChI is InChI=1S/C25H33FN4O/c1-2-27-25(28-17-20-13-16-31-24-6-4-3-5-23(20)24)29-22-11-14-30(15-12-22)18-19-7-9-21(26)10-8-19/h3-10,20,22H,2,11-18H2,1H3,(H2,27,28,29). The van der Waals surface area contributed by atoms with Gasteiger partial charge in [0, 0.05) is 44.7 Å². The van der Waals surface area contributed by atoms with Gasteiger partial charge in [0.15, 0.2) is 5.96 Å². The molecule has 0 bridgehead atoms. The van der Waals surface area contributed by atoms with Crippen LogP contribution in [-0.4, -0.2) is 49.7 Å². The molecule has 2 aliphatic rings. The minimum Gasteiger partial charge on any atom is -0.493 e. The molecule has 2 aromatic rings. The number of hydrogen-bond acceptors (Lipinski definition) is 3. The third-order valence-corrected chi connectivity index (χ3v) is 6.14. The maximum Gasteiger partial charge on any atom is 0.191 e. The monoisotopic (exact) mass is 424 g/mol. The molecule has 0 aliphatic carbocycles. The number of likely N-dealkylation sites (tertiary alicyclic amines) is 1. The van der Waals surface area contributed by atoms with Crippen molar-refractivity contribution in [3.8, 4) is 5.75 Å². The van der Waals surface area contributed by atoms with Crippen molar-refractivity contribution in [2.45, 2.75) is 44.7 Å². The Hall–Kier alpha value is -2.60. The molecular weight excluding hydrogens is 391 g/mol.